The predicted octanol–water partition coefficient (Wildman–Crippen LogP) is 3.29. The Bertz CT molecular complexity index is 1750. The molecular formula is C28H24F2N8O2. The Morgan fingerprint density at radius 3 is 2.70 bits per heavy atom. The number of hydrogen-bond donors (Lipinski definition) is 3. The number of nitrogens with zero attached hydrogens (tertiary/aromatic N) is 5. The number of nitrogens with one attached hydrogen (secondary N) is 1. The van der Waals surface area contributed by atoms with Crippen LogP contribution < -0.4 is 21.5 Å². The first-order valence-electron chi connectivity index (χ1n) is 12.8. The van der Waals surface area contributed by atoms with Crippen LogP contribution >= 0.6 is 0 Å². The summed E-state index contributed by atoms with van der Waals surface area (Å²) in [5.41, 5.74) is 14.4. The molecule has 4 heterocycles. The van der Waals surface area contributed by atoms with Crippen molar-refractivity contribution in [3.8, 4) is 22.9 Å². The Labute approximate surface area is 227 Å². The van der Waals surface area contributed by atoms with Gasteiger partial charge in [0.15, 0.2) is 5.82 Å². The topological polar surface area (TPSA) is 158 Å². The Morgan fingerprint density at radius 1 is 1.23 bits per heavy atom. The molecule has 10 nitrogen and oxygen atoms in total. The average Bonchev–Trinajstić information content (AvgIpc) is 3.44. The lowest BCUT2D eigenvalue weighted by molar-refractivity contribution is -0.0507. The molecule has 0 spiro atoms. The molecule has 1 aliphatic carbocycles. The number of nitriles is 1. The van der Waals surface area contributed by atoms with Crippen molar-refractivity contribution in [3.05, 3.63) is 71.6 Å². The molecule has 0 saturated heterocycles. The van der Waals surface area contributed by atoms with Crippen LogP contribution in [0.3, 0.4) is 0 Å². The number of imidazole rings is 1. The minimum absolute atomic E-state index is 0.0302. The van der Waals surface area contributed by atoms with Crippen molar-refractivity contribution in [2.75, 3.05) is 0 Å². The van der Waals surface area contributed by atoms with Crippen molar-refractivity contribution in [2.45, 2.75) is 50.0 Å². The highest BCUT2D eigenvalue weighted by Gasteiger charge is 2.63. The van der Waals surface area contributed by atoms with Gasteiger partial charge < -0.3 is 26.1 Å². The molecule has 5 atom stereocenters. The predicted molar refractivity (Wildman–Crippen MR) is 139 cm³/mol. The zero-order chi connectivity index (χ0) is 28.0. The third kappa shape index (κ3) is 3.19. The zero-order valence-electron chi connectivity index (χ0n) is 21.3. The summed E-state index contributed by atoms with van der Waals surface area (Å²) < 4.78 is 33.4. The first-order chi connectivity index (χ1) is 19.1. The van der Waals surface area contributed by atoms with Crippen LogP contribution in [0.1, 0.15) is 59.4 Å². The molecule has 5 N–H and O–H groups in total. The van der Waals surface area contributed by atoms with Crippen LogP contribution in [0, 0.1) is 16.7 Å². The maximum absolute atomic E-state index is 13.3. The van der Waals surface area contributed by atoms with Gasteiger partial charge in [-0.25, -0.2) is 15.0 Å². The van der Waals surface area contributed by atoms with Gasteiger partial charge in [-0.05, 0) is 49.6 Å². The molecule has 12 heteroatoms. The highest BCUT2D eigenvalue weighted by Crippen LogP contribution is 2.52. The Hall–Kier alpha value is -4.47. The third-order valence-corrected chi connectivity index (χ3v) is 8.69. The van der Waals surface area contributed by atoms with Crippen LogP contribution in [0.5, 0.6) is 5.75 Å². The maximum atomic E-state index is 13.3. The van der Waals surface area contributed by atoms with Crippen LogP contribution in [0.2, 0.25) is 0 Å². The fourth-order valence-corrected chi connectivity index (χ4v) is 6.48. The lowest BCUT2D eigenvalue weighted by atomic mass is 9.53. The van der Waals surface area contributed by atoms with Crippen LogP contribution in [-0.2, 0) is 5.54 Å². The molecule has 0 radical (unpaired) electrons. The Morgan fingerprint density at radius 2 is 2.00 bits per heavy atom. The lowest BCUT2D eigenvalue weighted by Gasteiger charge is -2.54. The molecule has 2 aromatic carbocycles. The van der Waals surface area contributed by atoms with Gasteiger partial charge >= 0.3 is 6.61 Å². The van der Waals surface area contributed by atoms with E-state index in [2.05, 4.69) is 21.4 Å². The molecule has 202 valence electrons. The molecule has 2 aromatic heterocycles. The number of alkyl halides is 2. The van der Waals surface area contributed by atoms with E-state index in [9.17, 15) is 18.8 Å². The van der Waals surface area contributed by atoms with Gasteiger partial charge in [0.2, 0.25) is 0 Å². The summed E-state index contributed by atoms with van der Waals surface area (Å²) in [6, 6.07) is 11.3. The van der Waals surface area contributed by atoms with Gasteiger partial charge in [-0.15, -0.1) is 0 Å². The third-order valence-electron chi connectivity index (χ3n) is 8.69. The van der Waals surface area contributed by atoms with Crippen molar-refractivity contribution in [1.82, 2.24) is 24.8 Å². The number of aromatic nitrogens is 4. The number of fused-ring (bicyclic) bond motifs is 9. The van der Waals surface area contributed by atoms with Crippen LogP contribution in [-0.4, -0.2) is 38.1 Å². The largest absolute Gasteiger partial charge is 0.434 e. The van der Waals surface area contributed by atoms with E-state index in [0.29, 0.717) is 46.7 Å². The van der Waals surface area contributed by atoms with E-state index in [-0.39, 0.29) is 17.7 Å². The molecule has 2 aliphatic heterocycles. The molecule has 7 rings (SSSR count). The minimum Gasteiger partial charge on any atom is -0.434 e. The molecule has 4 aromatic rings. The SMILES string of the molecule is CC1(C#N)CC(N)C1(N)c1ncc(-c2ccc3nc4n(c3c2)[C@@H]2C[C@H]4NC(=O)c3cccc(OC(F)F)c32)cn1. The molecule has 40 heavy (non-hydrogen) atoms. The normalized spacial score (nSPS) is 28.3. The summed E-state index contributed by atoms with van der Waals surface area (Å²) in [6.07, 6.45) is 4.22. The second-order valence-electron chi connectivity index (χ2n) is 10.8. The van der Waals surface area contributed by atoms with Gasteiger partial charge in [-0.3, -0.25) is 4.79 Å². The molecule has 2 bridgehead atoms. The quantitative estimate of drug-likeness (QED) is 0.354. The van der Waals surface area contributed by atoms with Gasteiger partial charge in [-0.1, -0.05) is 12.1 Å². The van der Waals surface area contributed by atoms with E-state index < -0.39 is 29.6 Å². The van der Waals surface area contributed by atoms with Gasteiger partial charge in [-0.2, -0.15) is 14.0 Å². The van der Waals surface area contributed by atoms with E-state index in [0.717, 1.165) is 11.1 Å². The fourth-order valence-electron chi connectivity index (χ4n) is 6.48. The van der Waals surface area contributed by atoms with Crippen molar-refractivity contribution in [1.29, 1.82) is 5.26 Å². The van der Waals surface area contributed by atoms with E-state index in [1.165, 1.54) is 12.1 Å². The van der Waals surface area contributed by atoms with E-state index >= 15 is 0 Å². The first kappa shape index (κ1) is 24.6. The van der Waals surface area contributed by atoms with Crippen molar-refractivity contribution >= 4 is 16.9 Å². The van der Waals surface area contributed by atoms with Gasteiger partial charge in [0.05, 0.1) is 34.6 Å². The second kappa shape index (κ2) is 8.27. The molecule has 1 amide bonds. The Kier molecular flexibility index (Phi) is 5.08. The van der Waals surface area contributed by atoms with E-state index in [1.807, 2.05) is 22.8 Å². The van der Waals surface area contributed by atoms with Crippen LogP contribution in [0.25, 0.3) is 22.2 Å². The monoisotopic (exact) mass is 542 g/mol. The van der Waals surface area contributed by atoms with E-state index in [1.54, 1.807) is 25.4 Å². The smallest absolute Gasteiger partial charge is 0.387 e. The average molecular weight is 543 g/mol. The minimum atomic E-state index is -3.03. The summed E-state index contributed by atoms with van der Waals surface area (Å²) in [5.74, 6) is 0.580. The summed E-state index contributed by atoms with van der Waals surface area (Å²) in [7, 11) is 0. The van der Waals surface area contributed by atoms with Crippen molar-refractivity contribution < 1.29 is 18.3 Å². The lowest BCUT2D eigenvalue weighted by Crippen LogP contribution is -2.72. The van der Waals surface area contributed by atoms with Crippen LogP contribution in [0.15, 0.2) is 48.8 Å². The number of hydrogen-bond acceptors (Lipinski definition) is 8. The molecule has 1 fully saturated rings. The second-order valence-corrected chi connectivity index (χ2v) is 10.8. The standard InChI is InChI=1S/C28H24F2N8O2/c1-27(12-31)9-21(32)28(27,33)25-34-10-14(11-35-25)13-5-6-16-18(7-13)38-19-8-17(23(38)36-16)37-24(39)15-3-2-4-20(22(15)19)40-26(29)30/h2-7,10-11,17,19,21,26H,8-9,32-33H2,1H3,(H,37,39)/t17-,19-,21?,27?,28?/m1/s1. The van der Waals surface area contributed by atoms with Crippen LogP contribution in [0.4, 0.5) is 8.78 Å². The zero-order valence-corrected chi connectivity index (χ0v) is 21.3. The number of carbonyl (C=O) groups is 1. The summed E-state index contributed by atoms with van der Waals surface area (Å²) in [4.78, 5) is 26.7. The number of halogens is 2. The highest BCUT2D eigenvalue weighted by molar-refractivity contribution is 5.98. The number of ether oxygens (including phenoxy) is 1. The van der Waals surface area contributed by atoms with Crippen molar-refractivity contribution in [3.63, 3.8) is 0 Å². The van der Waals surface area contributed by atoms with Gasteiger partial charge in [0, 0.05) is 35.1 Å². The number of amides is 1. The molecular weight excluding hydrogens is 518 g/mol. The number of nitrogens with two attached hydrogens (primary N) is 2. The van der Waals surface area contributed by atoms with Gasteiger partial charge in [0.1, 0.15) is 17.1 Å². The highest BCUT2D eigenvalue weighted by atomic mass is 19.3. The maximum Gasteiger partial charge on any atom is 0.387 e. The number of benzene rings is 2. The van der Waals surface area contributed by atoms with Gasteiger partial charge in [0.25, 0.3) is 5.91 Å². The molecule has 3 aliphatic rings. The van der Waals surface area contributed by atoms with E-state index in [4.69, 9.17) is 21.2 Å². The summed E-state index contributed by atoms with van der Waals surface area (Å²) in [6.45, 7) is -1.27. The number of carbonyl (C=O) groups excluding carboxylic acids is 1. The Balaban J connectivity index is 1.31. The number of rotatable bonds is 4. The molecule has 3 unspecified atom stereocenters. The summed E-state index contributed by atoms with van der Waals surface area (Å²) >= 11 is 0. The first-order valence-corrected chi connectivity index (χ1v) is 12.8. The summed E-state index contributed by atoms with van der Waals surface area (Å²) in [5, 5.41) is 12.6. The fraction of sp³-hybridized carbons (Fsp3) is 0.321. The molecule has 1 saturated carbocycles. The van der Waals surface area contributed by atoms with Crippen molar-refractivity contribution in [2.24, 2.45) is 16.9 Å².